The summed E-state index contributed by atoms with van der Waals surface area (Å²) < 4.78 is 16.0. The summed E-state index contributed by atoms with van der Waals surface area (Å²) in [5.41, 5.74) is 0.260. The van der Waals surface area contributed by atoms with Crippen LogP contribution in [0, 0.1) is 11.2 Å². The first-order valence-electron chi connectivity index (χ1n) is 8.68. The minimum atomic E-state index is -0.572. The van der Waals surface area contributed by atoms with Gasteiger partial charge in [0.2, 0.25) is 0 Å². The van der Waals surface area contributed by atoms with Crippen LogP contribution in [0.4, 0.5) is 4.39 Å². The lowest BCUT2D eigenvalue weighted by Gasteiger charge is -2.29. The first-order valence-corrected chi connectivity index (χ1v) is 8.68. The molecule has 1 saturated carbocycles. The second-order valence-electron chi connectivity index (χ2n) is 7.08. The normalized spacial score (nSPS) is 19.7. The van der Waals surface area contributed by atoms with E-state index < -0.39 is 5.82 Å². The van der Waals surface area contributed by atoms with Crippen LogP contribution in [-0.4, -0.2) is 44.5 Å². The third-order valence-corrected chi connectivity index (χ3v) is 5.62. The van der Waals surface area contributed by atoms with Crippen LogP contribution in [0.15, 0.2) is 30.9 Å². The van der Waals surface area contributed by atoms with Crippen molar-refractivity contribution in [3.8, 4) is 0 Å². The van der Waals surface area contributed by atoms with Gasteiger partial charge in [0.15, 0.2) is 5.82 Å². The van der Waals surface area contributed by atoms with Crippen molar-refractivity contribution in [1.82, 2.24) is 24.8 Å². The molecule has 0 radical (unpaired) electrons. The van der Waals surface area contributed by atoms with E-state index in [-0.39, 0.29) is 47.7 Å². The SMILES string of the molecule is Cl.Cl.Cn1ccnc1CN(C(=O)c1ccncc1F)C1CC12CCNCC2. The van der Waals surface area contributed by atoms with Crippen molar-refractivity contribution in [2.45, 2.75) is 31.8 Å². The number of aromatic nitrogens is 3. The minimum absolute atomic E-state index is 0. The number of carbonyl (C=O) groups is 1. The molecule has 27 heavy (non-hydrogen) atoms. The average molecular weight is 416 g/mol. The van der Waals surface area contributed by atoms with E-state index in [1.165, 1.54) is 12.3 Å². The summed E-state index contributed by atoms with van der Waals surface area (Å²) in [5, 5.41) is 3.38. The van der Waals surface area contributed by atoms with Crippen molar-refractivity contribution in [2.24, 2.45) is 12.5 Å². The van der Waals surface area contributed by atoms with Gasteiger partial charge in [-0.15, -0.1) is 24.8 Å². The summed E-state index contributed by atoms with van der Waals surface area (Å²) in [4.78, 5) is 23.0. The van der Waals surface area contributed by atoms with E-state index in [1.54, 1.807) is 6.20 Å². The maximum atomic E-state index is 14.1. The maximum Gasteiger partial charge on any atom is 0.257 e. The summed E-state index contributed by atoms with van der Waals surface area (Å²) in [7, 11) is 1.91. The summed E-state index contributed by atoms with van der Waals surface area (Å²) in [5.74, 6) is -0.0422. The van der Waals surface area contributed by atoms with Gasteiger partial charge in [0.1, 0.15) is 5.82 Å². The molecule has 148 valence electrons. The monoisotopic (exact) mass is 415 g/mol. The Labute approximate surface area is 170 Å². The van der Waals surface area contributed by atoms with Crippen molar-refractivity contribution in [3.05, 3.63) is 48.1 Å². The largest absolute Gasteiger partial charge is 0.337 e. The highest BCUT2D eigenvalue weighted by atomic mass is 35.5. The molecule has 0 aromatic carbocycles. The molecular formula is C18H24Cl2FN5O. The Kier molecular flexibility index (Phi) is 6.83. The molecule has 2 aromatic rings. The van der Waals surface area contributed by atoms with Crippen molar-refractivity contribution in [2.75, 3.05) is 13.1 Å². The Hall–Kier alpha value is -1.70. The molecule has 1 saturated heterocycles. The number of nitrogens with zero attached hydrogens (tertiary/aromatic N) is 4. The summed E-state index contributed by atoms with van der Waals surface area (Å²) in [6.45, 7) is 2.35. The zero-order chi connectivity index (χ0) is 17.4. The highest BCUT2D eigenvalue weighted by molar-refractivity contribution is 5.94. The van der Waals surface area contributed by atoms with Gasteiger partial charge in [-0.3, -0.25) is 9.78 Å². The molecule has 2 fully saturated rings. The molecule has 4 rings (SSSR count). The average Bonchev–Trinajstić information content (AvgIpc) is 3.13. The van der Waals surface area contributed by atoms with Crippen molar-refractivity contribution in [3.63, 3.8) is 0 Å². The first-order chi connectivity index (χ1) is 12.1. The second kappa shape index (κ2) is 8.54. The third-order valence-electron chi connectivity index (χ3n) is 5.62. The van der Waals surface area contributed by atoms with Crippen molar-refractivity contribution >= 4 is 30.7 Å². The Bertz CT molecular complexity index is 794. The lowest BCUT2D eigenvalue weighted by molar-refractivity contribution is 0.0680. The van der Waals surface area contributed by atoms with Gasteiger partial charge in [0.05, 0.1) is 18.3 Å². The molecule has 2 aliphatic rings. The molecule has 2 aromatic heterocycles. The Morgan fingerprint density at radius 3 is 2.74 bits per heavy atom. The van der Waals surface area contributed by atoms with Crippen LogP contribution in [-0.2, 0) is 13.6 Å². The van der Waals surface area contributed by atoms with Crippen LogP contribution in [0.5, 0.6) is 0 Å². The van der Waals surface area contributed by atoms with Crippen LogP contribution in [0.25, 0.3) is 0 Å². The number of halogens is 3. The van der Waals surface area contributed by atoms with Crippen LogP contribution in [0.2, 0.25) is 0 Å². The lowest BCUT2D eigenvalue weighted by Crippen LogP contribution is -2.39. The number of hydrogen-bond donors (Lipinski definition) is 1. The highest BCUT2D eigenvalue weighted by Gasteiger charge is 2.58. The fraction of sp³-hybridized carbons (Fsp3) is 0.500. The number of nitrogens with one attached hydrogen (secondary N) is 1. The molecule has 0 bridgehead atoms. The third kappa shape index (κ3) is 4.10. The van der Waals surface area contributed by atoms with E-state index in [9.17, 15) is 9.18 Å². The Balaban J connectivity index is 0.00000131. The molecule has 1 N–H and O–H groups in total. The molecule has 1 unspecified atom stereocenters. The zero-order valence-corrected chi connectivity index (χ0v) is 16.7. The van der Waals surface area contributed by atoms with Gasteiger partial charge in [0.25, 0.3) is 5.91 Å². The number of aryl methyl sites for hydroxylation is 1. The predicted octanol–water partition coefficient (Wildman–Crippen LogP) is 2.58. The number of amides is 1. The number of carbonyl (C=O) groups excluding carboxylic acids is 1. The van der Waals surface area contributed by atoms with Gasteiger partial charge >= 0.3 is 0 Å². The fourth-order valence-electron chi connectivity index (χ4n) is 3.96. The smallest absolute Gasteiger partial charge is 0.257 e. The minimum Gasteiger partial charge on any atom is -0.337 e. The molecule has 1 aliphatic carbocycles. The van der Waals surface area contributed by atoms with Gasteiger partial charge in [-0.2, -0.15) is 0 Å². The second-order valence-corrected chi connectivity index (χ2v) is 7.08. The first kappa shape index (κ1) is 21.6. The van der Waals surface area contributed by atoms with E-state index in [2.05, 4.69) is 15.3 Å². The molecule has 1 aliphatic heterocycles. The predicted molar refractivity (Wildman–Crippen MR) is 105 cm³/mol. The standard InChI is InChI=1S/C18H22FN5O.2ClH/c1-23-9-8-22-16(23)12-24(15-10-18(15)3-6-20-7-4-18)17(25)13-2-5-21-11-14(13)19;;/h2,5,8-9,11,15,20H,3-4,6-7,10,12H2,1H3;2*1H. The van der Waals surface area contributed by atoms with Crippen LogP contribution < -0.4 is 5.32 Å². The van der Waals surface area contributed by atoms with Gasteiger partial charge in [-0.25, -0.2) is 9.37 Å². The van der Waals surface area contributed by atoms with Crippen LogP contribution >= 0.6 is 24.8 Å². The Morgan fingerprint density at radius 2 is 2.11 bits per heavy atom. The molecular weight excluding hydrogens is 392 g/mol. The number of piperidine rings is 1. The number of hydrogen-bond acceptors (Lipinski definition) is 4. The zero-order valence-electron chi connectivity index (χ0n) is 15.1. The van der Waals surface area contributed by atoms with Crippen LogP contribution in [0.1, 0.15) is 35.4 Å². The van der Waals surface area contributed by atoms with Crippen molar-refractivity contribution in [1.29, 1.82) is 0 Å². The number of rotatable bonds is 4. The number of pyridine rings is 1. The molecule has 3 heterocycles. The van der Waals surface area contributed by atoms with Crippen molar-refractivity contribution < 1.29 is 9.18 Å². The summed E-state index contributed by atoms with van der Waals surface area (Å²) >= 11 is 0. The fourth-order valence-corrected chi connectivity index (χ4v) is 3.96. The highest BCUT2D eigenvalue weighted by Crippen LogP contribution is 2.56. The summed E-state index contributed by atoms with van der Waals surface area (Å²) in [6.07, 6.45) is 9.23. The van der Waals surface area contributed by atoms with E-state index in [1.807, 2.05) is 22.7 Å². The van der Waals surface area contributed by atoms with Gasteiger partial charge in [-0.05, 0) is 43.8 Å². The van der Waals surface area contributed by atoms with E-state index in [0.29, 0.717) is 6.54 Å². The quantitative estimate of drug-likeness (QED) is 0.833. The Morgan fingerprint density at radius 1 is 1.37 bits per heavy atom. The van der Waals surface area contributed by atoms with E-state index in [4.69, 9.17) is 0 Å². The van der Waals surface area contributed by atoms with E-state index in [0.717, 1.165) is 44.4 Å². The number of imidazole rings is 1. The molecule has 1 spiro atoms. The lowest BCUT2D eigenvalue weighted by atomic mass is 9.93. The maximum absolute atomic E-state index is 14.1. The topological polar surface area (TPSA) is 63.1 Å². The van der Waals surface area contributed by atoms with Gasteiger partial charge < -0.3 is 14.8 Å². The molecule has 1 atom stereocenters. The van der Waals surface area contributed by atoms with E-state index >= 15 is 0 Å². The summed E-state index contributed by atoms with van der Waals surface area (Å²) in [6, 6.07) is 1.60. The molecule has 6 nitrogen and oxygen atoms in total. The molecule has 1 amide bonds. The van der Waals surface area contributed by atoms with Gasteiger partial charge in [0, 0.05) is 31.7 Å². The van der Waals surface area contributed by atoms with Crippen LogP contribution in [0.3, 0.4) is 0 Å². The molecule has 9 heteroatoms. The van der Waals surface area contributed by atoms with Gasteiger partial charge in [-0.1, -0.05) is 0 Å².